The van der Waals surface area contributed by atoms with Crippen molar-refractivity contribution in [2.75, 3.05) is 19.6 Å². The Morgan fingerprint density at radius 3 is 2.18 bits per heavy atom. The average molecular weight is 380 g/mol. The Kier molecular flexibility index (Phi) is 6.78. The van der Waals surface area contributed by atoms with E-state index >= 15 is 0 Å². The molecule has 1 fully saturated rings. The third-order valence-corrected chi connectivity index (χ3v) is 4.63. The zero-order valence-corrected chi connectivity index (χ0v) is 15.7. The Balaban J connectivity index is 1.58. The molecule has 1 heterocycles. The van der Waals surface area contributed by atoms with Gasteiger partial charge in [0.1, 0.15) is 6.54 Å². The monoisotopic (exact) mass is 380 g/mol. The third-order valence-electron chi connectivity index (χ3n) is 4.63. The van der Waals surface area contributed by atoms with Gasteiger partial charge in [0.2, 0.25) is 12.0 Å². The molecule has 2 amide bonds. The van der Waals surface area contributed by atoms with E-state index in [4.69, 9.17) is 4.74 Å². The van der Waals surface area contributed by atoms with Gasteiger partial charge in [-0.1, -0.05) is 60.7 Å². The molecule has 1 unspecified atom stereocenters. The normalized spacial score (nSPS) is 14.4. The second-order valence-corrected chi connectivity index (χ2v) is 6.75. The number of likely N-dealkylation sites (tertiary alicyclic amines) is 1. The van der Waals surface area contributed by atoms with Gasteiger partial charge < -0.3 is 15.0 Å². The van der Waals surface area contributed by atoms with Gasteiger partial charge >= 0.3 is 5.97 Å². The predicted octanol–water partition coefficient (Wildman–Crippen LogP) is 2.25. The summed E-state index contributed by atoms with van der Waals surface area (Å²) in [6.07, 6.45) is 1.11. The number of carbonyl (C=O) groups excluding carboxylic acids is 3. The number of nitrogens with one attached hydrogen (secondary N) is 1. The van der Waals surface area contributed by atoms with Gasteiger partial charge in [-0.05, 0) is 18.4 Å². The lowest BCUT2D eigenvalue weighted by Crippen LogP contribution is -2.37. The lowest BCUT2D eigenvalue weighted by Gasteiger charge is -2.23. The summed E-state index contributed by atoms with van der Waals surface area (Å²) in [7, 11) is 0. The molecule has 1 aliphatic heterocycles. The molecule has 0 radical (unpaired) electrons. The minimum atomic E-state index is -0.988. The first-order valence-electron chi connectivity index (χ1n) is 9.47. The molecule has 1 atom stereocenters. The number of hydrogen-bond donors (Lipinski definition) is 1. The zero-order chi connectivity index (χ0) is 19.8. The van der Waals surface area contributed by atoms with E-state index in [1.54, 1.807) is 29.2 Å². The molecule has 6 heteroatoms. The maximum Gasteiger partial charge on any atom is 0.326 e. The van der Waals surface area contributed by atoms with E-state index in [1.807, 2.05) is 36.4 Å². The number of hydrogen-bond acceptors (Lipinski definition) is 4. The average Bonchev–Trinajstić information content (AvgIpc) is 3.26. The Hall–Kier alpha value is -3.15. The van der Waals surface area contributed by atoms with Crippen LogP contribution in [0.1, 0.15) is 30.1 Å². The maximum absolute atomic E-state index is 12.8. The first-order chi connectivity index (χ1) is 13.6. The fourth-order valence-electron chi connectivity index (χ4n) is 3.18. The summed E-state index contributed by atoms with van der Waals surface area (Å²) in [6, 6.07) is 18.2. The lowest BCUT2D eigenvalue weighted by atomic mass is 10.1. The van der Waals surface area contributed by atoms with Gasteiger partial charge in [-0.3, -0.25) is 14.4 Å². The van der Waals surface area contributed by atoms with Gasteiger partial charge in [-0.25, -0.2) is 0 Å². The van der Waals surface area contributed by atoms with Crippen LogP contribution in [-0.2, 0) is 25.5 Å². The van der Waals surface area contributed by atoms with Crippen LogP contribution in [-0.4, -0.2) is 42.3 Å². The summed E-state index contributed by atoms with van der Waals surface area (Å²) < 4.78 is 5.47. The van der Waals surface area contributed by atoms with Crippen molar-refractivity contribution in [2.24, 2.45) is 0 Å². The van der Waals surface area contributed by atoms with Crippen molar-refractivity contribution in [3.63, 3.8) is 0 Å². The van der Waals surface area contributed by atoms with Crippen molar-refractivity contribution in [2.45, 2.75) is 25.4 Å². The standard InChI is InChI=1S/C22H24N2O4/c25-19(15-17-9-3-1-4-10-17)23-16-20(26)28-21(18-11-5-2-6-12-18)22(27)24-13-7-8-14-24/h1-6,9-12,21H,7-8,13-16H2,(H,23,25). The van der Waals surface area contributed by atoms with Crippen molar-refractivity contribution >= 4 is 17.8 Å². The molecule has 2 aromatic rings. The van der Waals surface area contributed by atoms with Crippen LogP contribution >= 0.6 is 0 Å². The van der Waals surface area contributed by atoms with E-state index in [0.29, 0.717) is 18.7 Å². The number of nitrogens with zero attached hydrogens (tertiary/aromatic N) is 1. The van der Waals surface area contributed by atoms with E-state index in [2.05, 4.69) is 5.32 Å². The van der Waals surface area contributed by atoms with E-state index < -0.39 is 12.1 Å². The summed E-state index contributed by atoms with van der Waals surface area (Å²) in [6.45, 7) is 1.07. The highest BCUT2D eigenvalue weighted by molar-refractivity contribution is 5.87. The third kappa shape index (κ3) is 5.42. The molecular formula is C22H24N2O4. The SMILES string of the molecule is O=C(Cc1ccccc1)NCC(=O)OC(C(=O)N1CCCC1)c1ccccc1. The Bertz CT molecular complexity index is 802. The van der Waals surface area contributed by atoms with Crippen LogP contribution in [0.2, 0.25) is 0 Å². The highest BCUT2D eigenvalue weighted by Gasteiger charge is 2.30. The fourth-order valence-corrected chi connectivity index (χ4v) is 3.18. The summed E-state index contributed by atoms with van der Waals surface area (Å²) >= 11 is 0. The van der Waals surface area contributed by atoms with Crippen LogP contribution in [0, 0.1) is 0 Å². The minimum Gasteiger partial charge on any atom is -0.446 e. The smallest absolute Gasteiger partial charge is 0.326 e. The molecular weight excluding hydrogens is 356 g/mol. The Morgan fingerprint density at radius 1 is 0.929 bits per heavy atom. The van der Waals surface area contributed by atoms with E-state index in [1.165, 1.54) is 0 Å². The number of rotatable bonds is 7. The molecule has 0 bridgehead atoms. The van der Waals surface area contributed by atoms with Gasteiger partial charge in [0, 0.05) is 18.7 Å². The second kappa shape index (κ2) is 9.69. The van der Waals surface area contributed by atoms with Gasteiger partial charge in [0.05, 0.1) is 6.42 Å². The Morgan fingerprint density at radius 2 is 1.54 bits per heavy atom. The molecule has 1 aliphatic rings. The van der Waals surface area contributed by atoms with E-state index in [-0.39, 0.29) is 24.8 Å². The van der Waals surface area contributed by atoms with Crippen molar-refractivity contribution in [1.82, 2.24) is 10.2 Å². The Labute approximate surface area is 164 Å². The highest BCUT2D eigenvalue weighted by Crippen LogP contribution is 2.22. The summed E-state index contributed by atoms with van der Waals surface area (Å²) in [5.74, 6) is -1.12. The molecule has 0 aliphatic carbocycles. The number of amides is 2. The predicted molar refractivity (Wildman–Crippen MR) is 104 cm³/mol. The quantitative estimate of drug-likeness (QED) is 0.748. The topological polar surface area (TPSA) is 75.7 Å². The molecule has 0 saturated carbocycles. The highest BCUT2D eigenvalue weighted by atomic mass is 16.5. The van der Waals surface area contributed by atoms with Crippen molar-refractivity contribution in [3.8, 4) is 0 Å². The van der Waals surface area contributed by atoms with Crippen molar-refractivity contribution in [1.29, 1.82) is 0 Å². The van der Waals surface area contributed by atoms with Gasteiger partial charge in [0.15, 0.2) is 0 Å². The van der Waals surface area contributed by atoms with E-state index in [0.717, 1.165) is 18.4 Å². The number of carbonyl (C=O) groups is 3. The summed E-state index contributed by atoms with van der Waals surface area (Å²) in [4.78, 5) is 38.9. The molecule has 0 spiro atoms. The molecule has 1 saturated heterocycles. The minimum absolute atomic E-state index is 0.183. The van der Waals surface area contributed by atoms with Crippen molar-refractivity contribution in [3.05, 3.63) is 71.8 Å². The van der Waals surface area contributed by atoms with Crippen LogP contribution in [0.25, 0.3) is 0 Å². The molecule has 0 aromatic heterocycles. The van der Waals surface area contributed by atoms with Crippen LogP contribution in [0.4, 0.5) is 0 Å². The zero-order valence-electron chi connectivity index (χ0n) is 15.7. The second-order valence-electron chi connectivity index (χ2n) is 6.75. The molecule has 146 valence electrons. The van der Waals surface area contributed by atoms with E-state index in [9.17, 15) is 14.4 Å². The largest absolute Gasteiger partial charge is 0.446 e. The summed E-state index contributed by atoms with van der Waals surface area (Å²) in [5, 5.41) is 2.56. The van der Waals surface area contributed by atoms with Crippen LogP contribution < -0.4 is 5.32 Å². The van der Waals surface area contributed by atoms with Crippen LogP contribution in [0.3, 0.4) is 0 Å². The lowest BCUT2D eigenvalue weighted by molar-refractivity contribution is -0.160. The van der Waals surface area contributed by atoms with Crippen molar-refractivity contribution < 1.29 is 19.1 Å². The number of ether oxygens (including phenoxy) is 1. The summed E-state index contributed by atoms with van der Waals surface area (Å²) in [5.41, 5.74) is 1.49. The number of benzene rings is 2. The van der Waals surface area contributed by atoms with Crippen LogP contribution in [0.15, 0.2) is 60.7 Å². The first-order valence-corrected chi connectivity index (χ1v) is 9.47. The van der Waals surface area contributed by atoms with Gasteiger partial charge in [0.25, 0.3) is 5.91 Å². The molecule has 2 aromatic carbocycles. The fraction of sp³-hybridized carbons (Fsp3) is 0.318. The first kappa shape index (κ1) is 19.6. The van der Waals surface area contributed by atoms with Gasteiger partial charge in [-0.15, -0.1) is 0 Å². The van der Waals surface area contributed by atoms with Gasteiger partial charge in [-0.2, -0.15) is 0 Å². The molecule has 28 heavy (non-hydrogen) atoms. The maximum atomic E-state index is 12.8. The molecule has 3 rings (SSSR count). The molecule has 1 N–H and O–H groups in total. The van der Waals surface area contributed by atoms with Crippen LogP contribution in [0.5, 0.6) is 0 Å². The number of esters is 1. The molecule has 6 nitrogen and oxygen atoms in total.